The van der Waals surface area contributed by atoms with Gasteiger partial charge in [0, 0.05) is 25.4 Å². The average molecular weight is 547 g/mol. The lowest BCUT2D eigenvalue weighted by Gasteiger charge is -2.64. The zero-order valence-corrected chi connectivity index (χ0v) is 25.9. The molecule has 6 heteroatoms. The summed E-state index contributed by atoms with van der Waals surface area (Å²) in [6.45, 7) is 17.1. The molecule has 2 N–H and O–H groups in total. The van der Waals surface area contributed by atoms with Gasteiger partial charge < -0.3 is 24.4 Å². The Hall–Kier alpha value is -0.950. The maximum Gasteiger partial charge on any atom is 0.302 e. The Morgan fingerprint density at radius 1 is 1.10 bits per heavy atom. The van der Waals surface area contributed by atoms with Crippen LogP contribution in [-0.4, -0.2) is 53.5 Å². The summed E-state index contributed by atoms with van der Waals surface area (Å²) >= 11 is 0. The Morgan fingerprint density at radius 2 is 1.79 bits per heavy atom. The van der Waals surface area contributed by atoms with Crippen molar-refractivity contribution >= 4 is 5.97 Å². The normalized spacial score (nSPS) is 48.0. The zero-order valence-electron chi connectivity index (χ0n) is 25.9. The molecular formula is C33H54O6. The van der Waals surface area contributed by atoms with Crippen LogP contribution in [0.2, 0.25) is 0 Å². The minimum Gasteiger partial charge on any atom is -0.462 e. The molecule has 3 saturated carbocycles. The van der Waals surface area contributed by atoms with E-state index in [-0.39, 0.29) is 45.9 Å². The monoisotopic (exact) mass is 546 g/mol. The Morgan fingerprint density at radius 3 is 2.41 bits per heavy atom. The van der Waals surface area contributed by atoms with Crippen LogP contribution in [0.15, 0.2) is 11.6 Å². The van der Waals surface area contributed by atoms with E-state index in [1.54, 1.807) is 33.5 Å². The van der Waals surface area contributed by atoms with E-state index < -0.39 is 17.8 Å². The smallest absolute Gasteiger partial charge is 0.302 e. The van der Waals surface area contributed by atoms with E-state index in [1.807, 2.05) is 0 Å². The van der Waals surface area contributed by atoms with Crippen molar-refractivity contribution in [1.29, 1.82) is 0 Å². The predicted octanol–water partition coefficient (Wildman–Crippen LogP) is 6.03. The number of carbonyl (C=O) groups is 1. The minimum atomic E-state index is -1.22. The standard InChI is InChI=1S/C33H54O6/c1-19(34)38-26-14-15-31(6)22-13-17-32(7)21(20-18-24(39-28(20)37-9)27(35)30(4,5)36)12-16-33(32,8)23(22)10-11-25(31)29(26,2)3/h10,20-22,24-28,35-36H,11-18H2,1-9H3/t20-,21-,22-,24+,25-,26+,27-,28-,31+,32-,33+/m0/s1. The van der Waals surface area contributed by atoms with Gasteiger partial charge in [0.1, 0.15) is 12.2 Å². The lowest BCUT2D eigenvalue weighted by molar-refractivity contribution is -0.185. The van der Waals surface area contributed by atoms with Crippen LogP contribution in [0, 0.1) is 45.3 Å². The van der Waals surface area contributed by atoms with Gasteiger partial charge in [-0.2, -0.15) is 0 Å². The zero-order chi connectivity index (χ0) is 28.8. The summed E-state index contributed by atoms with van der Waals surface area (Å²) in [6.07, 6.45) is 9.37. The summed E-state index contributed by atoms with van der Waals surface area (Å²) in [6, 6.07) is 0. The van der Waals surface area contributed by atoms with Gasteiger partial charge in [-0.25, -0.2) is 0 Å². The van der Waals surface area contributed by atoms with Gasteiger partial charge in [-0.1, -0.05) is 46.3 Å². The van der Waals surface area contributed by atoms with Gasteiger partial charge in [-0.3, -0.25) is 4.79 Å². The van der Waals surface area contributed by atoms with Crippen LogP contribution in [0.5, 0.6) is 0 Å². The highest BCUT2D eigenvalue weighted by atomic mass is 16.7. The maximum absolute atomic E-state index is 11.9. The van der Waals surface area contributed by atoms with Crippen molar-refractivity contribution in [2.75, 3.05) is 7.11 Å². The van der Waals surface area contributed by atoms with E-state index in [4.69, 9.17) is 14.2 Å². The van der Waals surface area contributed by atoms with Crippen molar-refractivity contribution in [1.82, 2.24) is 0 Å². The van der Waals surface area contributed by atoms with Crippen LogP contribution >= 0.6 is 0 Å². The second-order valence-electron chi connectivity index (χ2n) is 15.7. The number of allylic oxidation sites excluding steroid dienone is 2. The molecule has 1 aliphatic heterocycles. The van der Waals surface area contributed by atoms with Crippen molar-refractivity contribution in [3.8, 4) is 0 Å². The summed E-state index contributed by atoms with van der Waals surface area (Å²) < 4.78 is 18.0. The molecule has 0 bridgehead atoms. The van der Waals surface area contributed by atoms with Gasteiger partial charge in [0.25, 0.3) is 0 Å². The number of rotatable bonds is 5. The van der Waals surface area contributed by atoms with Crippen LogP contribution in [0.25, 0.3) is 0 Å². The Labute approximate surface area is 236 Å². The summed E-state index contributed by atoms with van der Waals surface area (Å²) in [4.78, 5) is 11.9. The second-order valence-corrected chi connectivity index (χ2v) is 15.7. The van der Waals surface area contributed by atoms with Crippen LogP contribution in [0.4, 0.5) is 0 Å². The molecule has 4 fully saturated rings. The quantitative estimate of drug-likeness (QED) is 0.323. The largest absolute Gasteiger partial charge is 0.462 e. The number of fused-ring (bicyclic) bond motifs is 5. The number of methoxy groups -OCH3 is 1. The first-order chi connectivity index (χ1) is 18.0. The van der Waals surface area contributed by atoms with E-state index in [2.05, 4.69) is 40.7 Å². The van der Waals surface area contributed by atoms with Gasteiger partial charge in [0.05, 0.1) is 11.7 Å². The van der Waals surface area contributed by atoms with Crippen LogP contribution < -0.4 is 0 Å². The number of aliphatic hydroxyl groups is 2. The number of hydrogen-bond acceptors (Lipinski definition) is 6. The number of carbonyl (C=O) groups excluding carboxylic acids is 1. The fourth-order valence-corrected chi connectivity index (χ4v) is 10.8. The lowest BCUT2D eigenvalue weighted by Crippen LogP contribution is -2.58. The van der Waals surface area contributed by atoms with Crippen molar-refractivity contribution in [2.24, 2.45) is 45.3 Å². The van der Waals surface area contributed by atoms with Crippen molar-refractivity contribution in [2.45, 2.75) is 137 Å². The van der Waals surface area contributed by atoms with Crippen LogP contribution in [-0.2, 0) is 19.0 Å². The first-order valence-electron chi connectivity index (χ1n) is 15.5. The molecule has 39 heavy (non-hydrogen) atoms. The van der Waals surface area contributed by atoms with Crippen molar-refractivity contribution < 1.29 is 29.2 Å². The summed E-state index contributed by atoms with van der Waals surface area (Å²) in [5.41, 5.74) is 0.869. The summed E-state index contributed by atoms with van der Waals surface area (Å²) in [5.74, 6) is 1.53. The van der Waals surface area contributed by atoms with Gasteiger partial charge >= 0.3 is 5.97 Å². The van der Waals surface area contributed by atoms with Gasteiger partial charge in [0.2, 0.25) is 0 Å². The first kappa shape index (κ1) is 29.5. The Kier molecular flexibility index (Phi) is 7.22. The average Bonchev–Trinajstić information content (AvgIpc) is 3.38. The molecule has 0 aromatic heterocycles. The van der Waals surface area contributed by atoms with Crippen LogP contribution in [0.1, 0.15) is 107 Å². The molecule has 5 rings (SSSR count). The molecule has 0 unspecified atom stereocenters. The summed E-state index contributed by atoms with van der Waals surface area (Å²) in [7, 11) is 1.71. The molecule has 11 atom stereocenters. The molecule has 0 amide bonds. The molecule has 1 heterocycles. The maximum atomic E-state index is 11.9. The van der Waals surface area contributed by atoms with E-state index in [9.17, 15) is 15.0 Å². The first-order valence-corrected chi connectivity index (χ1v) is 15.5. The van der Waals surface area contributed by atoms with Crippen molar-refractivity contribution in [3.63, 3.8) is 0 Å². The Bertz CT molecular complexity index is 997. The number of aliphatic hydroxyl groups excluding tert-OH is 1. The number of hydrogen-bond donors (Lipinski definition) is 2. The van der Waals surface area contributed by atoms with E-state index in [0.29, 0.717) is 24.2 Å². The molecule has 0 radical (unpaired) electrons. The molecule has 6 nitrogen and oxygen atoms in total. The third-order valence-electron chi connectivity index (χ3n) is 13.1. The fraction of sp³-hybridized carbons (Fsp3) is 0.909. The molecule has 0 aromatic carbocycles. The summed E-state index contributed by atoms with van der Waals surface area (Å²) in [5, 5.41) is 21.3. The second kappa shape index (κ2) is 9.54. The third kappa shape index (κ3) is 4.29. The highest BCUT2D eigenvalue weighted by Gasteiger charge is 2.67. The van der Waals surface area contributed by atoms with Crippen LogP contribution in [0.3, 0.4) is 0 Å². The van der Waals surface area contributed by atoms with E-state index in [1.165, 1.54) is 19.3 Å². The third-order valence-corrected chi connectivity index (χ3v) is 13.1. The van der Waals surface area contributed by atoms with Crippen molar-refractivity contribution in [3.05, 3.63) is 11.6 Å². The molecule has 1 saturated heterocycles. The lowest BCUT2D eigenvalue weighted by atomic mass is 9.41. The van der Waals surface area contributed by atoms with E-state index >= 15 is 0 Å². The molecular weight excluding hydrogens is 492 g/mol. The topological polar surface area (TPSA) is 85.2 Å². The minimum absolute atomic E-state index is 0.0103. The molecule has 4 aliphatic carbocycles. The molecule has 0 aromatic rings. The molecule has 5 aliphatic rings. The molecule has 222 valence electrons. The van der Waals surface area contributed by atoms with Gasteiger partial charge in [-0.15, -0.1) is 0 Å². The van der Waals surface area contributed by atoms with Gasteiger partial charge in [-0.05, 0) is 99.2 Å². The highest BCUT2D eigenvalue weighted by Crippen LogP contribution is 2.74. The van der Waals surface area contributed by atoms with E-state index in [0.717, 1.165) is 25.7 Å². The number of esters is 1. The Balaban J connectivity index is 1.43. The highest BCUT2D eigenvalue weighted by molar-refractivity contribution is 5.66. The van der Waals surface area contributed by atoms with Gasteiger partial charge in [0.15, 0.2) is 6.29 Å². The fourth-order valence-electron chi connectivity index (χ4n) is 10.8. The SMILES string of the molecule is CO[C@H]1O[C@@H]([C@H](O)C(C)(C)O)C[C@H]1[C@@H]1CC[C@]2(C)C3=CC[C@H]4C(C)(C)[C@H](OC(C)=O)CC[C@]4(C)[C@H]3CC[C@@]12C. The number of ether oxygens (including phenoxy) is 3. The predicted molar refractivity (Wildman–Crippen MR) is 151 cm³/mol. The molecule has 0 spiro atoms.